The third-order valence-corrected chi connectivity index (χ3v) is 3.83. The maximum Gasteiger partial charge on any atom is 0.0882 e. The molecule has 1 aromatic rings. The van der Waals surface area contributed by atoms with Crippen molar-refractivity contribution in [3.8, 4) is 0 Å². The molecule has 1 fully saturated rings. The molecule has 0 radical (unpaired) electrons. The van der Waals surface area contributed by atoms with Crippen molar-refractivity contribution in [1.29, 1.82) is 0 Å². The Hall–Kier alpha value is -1.72. The van der Waals surface area contributed by atoms with Crippen LogP contribution in [0.3, 0.4) is 0 Å². The van der Waals surface area contributed by atoms with E-state index < -0.39 is 0 Å². The zero-order valence-corrected chi connectivity index (χ0v) is 14.2. The molecule has 0 aromatic carbocycles. The lowest BCUT2D eigenvalue weighted by molar-refractivity contribution is 0.193. The van der Waals surface area contributed by atoms with Crippen LogP contribution < -0.4 is 11.1 Å². The number of hydrogen-bond donors (Lipinski definition) is 2. The summed E-state index contributed by atoms with van der Waals surface area (Å²) in [4.78, 5) is 9.10. The van der Waals surface area contributed by atoms with Crippen molar-refractivity contribution < 1.29 is 4.74 Å². The van der Waals surface area contributed by atoms with Gasteiger partial charge in [0.2, 0.25) is 0 Å². The van der Waals surface area contributed by atoms with Crippen LogP contribution in [0, 0.1) is 0 Å². The molecule has 126 valence electrons. The Morgan fingerprint density at radius 2 is 2.30 bits per heavy atom. The predicted octanol–water partition coefficient (Wildman–Crippen LogP) is 2.28. The Labute approximate surface area is 139 Å². The molecule has 3 N–H and O–H groups in total. The Bertz CT molecular complexity index is 523. The summed E-state index contributed by atoms with van der Waals surface area (Å²) in [6.07, 6.45) is 8.24. The molecule has 5 heteroatoms. The molecule has 1 saturated carbocycles. The van der Waals surface area contributed by atoms with Crippen molar-refractivity contribution in [2.75, 3.05) is 20.3 Å². The molecular formula is C18H28N4O. The van der Waals surface area contributed by atoms with Gasteiger partial charge in [-0.05, 0) is 50.8 Å². The highest BCUT2D eigenvalue weighted by Gasteiger charge is 2.23. The molecule has 0 aliphatic heterocycles. The number of nitrogens with two attached hydrogens (primary N) is 1. The quantitative estimate of drug-likeness (QED) is 0.513. The van der Waals surface area contributed by atoms with Gasteiger partial charge >= 0.3 is 0 Å². The van der Waals surface area contributed by atoms with Crippen LogP contribution >= 0.6 is 0 Å². The van der Waals surface area contributed by atoms with Gasteiger partial charge in [0.25, 0.3) is 0 Å². The number of allylic oxidation sites excluding steroid dienone is 1. The van der Waals surface area contributed by atoms with Gasteiger partial charge in [-0.2, -0.15) is 0 Å². The maximum atomic E-state index is 6.25. The van der Waals surface area contributed by atoms with E-state index in [9.17, 15) is 0 Å². The normalized spacial score (nSPS) is 17.3. The molecule has 1 aliphatic carbocycles. The number of rotatable bonds is 10. The monoisotopic (exact) mass is 316 g/mol. The largest absolute Gasteiger partial charge is 0.401 e. The van der Waals surface area contributed by atoms with E-state index in [0.29, 0.717) is 6.04 Å². The lowest BCUT2D eigenvalue weighted by Gasteiger charge is -2.14. The molecule has 2 rings (SSSR count). The molecule has 1 aliphatic rings. The minimum absolute atomic E-state index is 0.157. The average Bonchev–Trinajstić information content (AvgIpc) is 3.38. The highest BCUT2D eigenvalue weighted by Crippen LogP contribution is 2.20. The van der Waals surface area contributed by atoms with E-state index in [1.54, 1.807) is 13.3 Å². The number of aromatic nitrogens is 1. The van der Waals surface area contributed by atoms with Crippen LogP contribution in [0.1, 0.15) is 38.3 Å². The van der Waals surface area contributed by atoms with Crippen LogP contribution in [0.25, 0.3) is 0 Å². The minimum atomic E-state index is 0.157. The second kappa shape index (κ2) is 9.43. The zero-order valence-electron chi connectivity index (χ0n) is 14.2. The van der Waals surface area contributed by atoms with E-state index >= 15 is 0 Å². The van der Waals surface area contributed by atoms with Crippen molar-refractivity contribution in [2.45, 2.75) is 44.7 Å². The third kappa shape index (κ3) is 6.50. The van der Waals surface area contributed by atoms with Crippen LogP contribution in [0.15, 0.2) is 41.2 Å². The SMILES string of the molecule is COCCCCN=C(C=C(N)[C@@H](C)NC1CC1)c1ccccn1. The summed E-state index contributed by atoms with van der Waals surface area (Å²) in [5, 5.41) is 3.51. The first-order valence-corrected chi connectivity index (χ1v) is 8.38. The Balaban J connectivity index is 2.04. The van der Waals surface area contributed by atoms with Gasteiger partial charge in [0, 0.05) is 44.2 Å². The van der Waals surface area contributed by atoms with Gasteiger partial charge in [-0.15, -0.1) is 0 Å². The number of hydrogen-bond acceptors (Lipinski definition) is 5. The van der Waals surface area contributed by atoms with E-state index in [4.69, 9.17) is 15.5 Å². The van der Waals surface area contributed by atoms with E-state index in [0.717, 1.165) is 43.1 Å². The number of pyridine rings is 1. The molecule has 5 nitrogen and oxygen atoms in total. The smallest absolute Gasteiger partial charge is 0.0882 e. The molecule has 1 heterocycles. The summed E-state index contributed by atoms with van der Waals surface area (Å²) in [6.45, 7) is 3.62. The standard InChI is InChI=1S/C18H28N4O/c1-14(22-15-8-9-15)16(19)13-18(17-7-3-4-10-20-17)21-11-5-6-12-23-2/h3-4,7,10,13-15,22H,5-6,8-9,11-12,19H2,1-2H3/t14-/m1/s1. The fraction of sp³-hybridized carbons (Fsp3) is 0.556. The van der Waals surface area contributed by atoms with E-state index in [1.807, 2.05) is 24.3 Å². The van der Waals surface area contributed by atoms with Crippen molar-refractivity contribution in [1.82, 2.24) is 10.3 Å². The fourth-order valence-electron chi connectivity index (χ4n) is 2.26. The Morgan fingerprint density at radius 1 is 1.48 bits per heavy atom. The van der Waals surface area contributed by atoms with Crippen LogP contribution in [-0.4, -0.2) is 43.0 Å². The van der Waals surface area contributed by atoms with Gasteiger partial charge in [-0.3, -0.25) is 9.98 Å². The Morgan fingerprint density at radius 3 is 2.96 bits per heavy atom. The third-order valence-electron chi connectivity index (χ3n) is 3.83. The molecule has 0 amide bonds. The van der Waals surface area contributed by atoms with Gasteiger partial charge < -0.3 is 15.8 Å². The molecule has 1 aromatic heterocycles. The lowest BCUT2D eigenvalue weighted by atomic mass is 10.1. The highest BCUT2D eigenvalue weighted by atomic mass is 16.5. The van der Waals surface area contributed by atoms with Crippen molar-refractivity contribution >= 4 is 5.71 Å². The van der Waals surface area contributed by atoms with Gasteiger partial charge in [-0.25, -0.2) is 0 Å². The highest BCUT2D eigenvalue weighted by molar-refractivity contribution is 6.07. The Kier molecular flexibility index (Phi) is 7.23. The number of aliphatic imine (C=N–C) groups is 1. The number of unbranched alkanes of at least 4 members (excludes halogenated alkanes) is 1. The minimum Gasteiger partial charge on any atom is -0.401 e. The molecule has 0 bridgehead atoms. The lowest BCUT2D eigenvalue weighted by Crippen LogP contribution is -2.33. The number of nitrogens with one attached hydrogen (secondary N) is 1. The summed E-state index contributed by atoms with van der Waals surface area (Å²) in [7, 11) is 1.72. The number of nitrogens with zero attached hydrogens (tertiary/aromatic N) is 2. The van der Waals surface area contributed by atoms with Crippen LogP contribution in [0.4, 0.5) is 0 Å². The van der Waals surface area contributed by atoms with Crippen LogP contribution in [0.2, 0.25) is 0 Å². The molecule has 0 spiro atoms. The second-order valence-corrected chi connectivity index (χ2v) is 5.99. The summed E-state index contributed by atoms with van der Waals surface area (Å²) in [6, 6.07) is 6.63. The van der Waals surface area contributed by atoms with Crippen molar-refractivity contribution in [2.24, 2.45) is 10.7 Å². The van der Waals surface area contributed by atoms with Gasteiger partial charge in [0.1, 0.15) is 0 Å². The summed E-state index contributed by atoms with van der Waals surface area (Å²) < 4.78 is 5.07. The van der Waals surface area contributed by atoms with Crippen molar-refractivity contribution in [3.05, 3.63) is 41.9 Å². The number of methoxy groups -OCH3 is 1. The average molecular weight is 316 g/mol. The molecule has 23 heavy (non-hydrogen) atoms. The molecule has 0 unspecified atom stereocenters. The zero-order chi connectivity index (χ0) is 16.5. The van der Waals surface area contributed by atoms with E-state index in [2.05, 4.69) is 17.2 Å². The second-order valence-electron chi connectivity index (χ2n) is 5.99. The van der Waals surface area contributed by atoms with Crippen LogP contribution in [0.5, 0.6) is 0 Å². The maximum absolute atomic E-state index is 6.25. The molecule has 0 saturated heterocycles. The van der Waals surface area contributed by atoms with Gasteiger partial charge in [0.15, 0.2) is 0 Å². The summed E-state index contributed by atoms with van der Waals surface area (Å²) in [5.74, 6) is 0. The number of ether oxygens (including phenoxy) is 1. The first-order valence-electron chi connectivity index (χ1n) is 8.38. The summed E-state index contributed by atoms with van der Waals surface area (Å²) in [5.41, 5.74) is 8.77. The van der Waals surface area contributed by atoms with E-state index in [1.165, 1.54) is 12.8 Å². The summed E-state index contributed by atoms with van der Waals surface area (Å²) >= 11 is 0. The van der Waals surface area contributed by atoms with Crippen molar-refractivity contribution in [3.63, 3.8) is 0 Å². The first kappa shape index (κ1) is 17.6. The topological polar surface area (TPSA) is 72.5 Å². The van der Waals surface area contributed by atoms with Gasteiger partial charge in [0.05, 0.1) is 11.4 Å². The van der Waals surface area contributed by atoms with Gasteiger partial charge in [-0.1, -0.05) is 6.07 Å². The first-order chi connectivity index (χ1) is 11.2. The molecule has 1 atom stereocenters. The van der Waals surface area contributed by atoms with E-state index in [-0.39, 0.29) is 6.04 Å². The fourth-order valence-corrected chi connectivity index (χ4v) is 2.26. The van der Waals surface area contributed by atoms with Crippen LogP contribution in [-0.2, 0) is 4.74 Å². The molecular weight excluding hydrogens is 288 g/mol. The predicted molar refractivity (Wildman–Crippen MR) is 94.6 cm³/mol.